The van der Waals surface area contributed by atoms with Gasteiger partial charge >= 0.3 is 0 Å². The predicted molar refractivity (Wildman–Crippen MR) is 84.1 cm³/mol. The minimum atomic E-state index is -0.851. The molecule has 1 heterocycles. The minimum Gasteiger partial charge on any atom is -0.494 e. The van der Waals surface area contributed by atoms with Crippen molar-refractivity contribution in [1.82, 2.24) is 9.55 Å². The Hall–Kier alpha value is -1.14. The fourth-order valence-corrected chi connectivity index (χ4v) is 3.22. The Bertz CT molecular complexity index is 675. The van der Waals surface area contributed by atoms with E-state index in [1.165, 1.54) is 13.2 Å². The van der Waals surface area contributed by atoms with E-state index in [9.17, 15) is 8.60 Å². The Kier molecular flexibility index (Phi) is 5.22. The van der Waals surface area contributed by atoms with Crippen LogP contribution in [0.25, 0.3) is 11.0 Å². The molecule has 1 aromatic carbocycles. The second kappa shape index (κ2) is 6.75. The number of aromatic nitrogens is 2. The molecule has 21 heavy (non-hydrogen) atoms. The zero-order valence-corrected chi connectivity index (χ0v) is 13.8. The zero-order valence-electron chi connectivity index (χ0n) is 12.2. The number of fused-ring (bicyclic) bond motifs is 1. The smallest absolute Gasteiger partial charge is 0.167 e. The number of rotatable bonds is 6. The van der Waals surface area contributed by atoms with Gasteiger partial charge in [-0.3, -0.25) is 4.21 Å². The summed E-state index contributed by atoms with van der Waals surface area (Å²) in [5, 5.41) is 0. The molecule has 0 bridgehead atoms. The van der Waals surface area contributed by atoms with Gasteiger partial charge in [0.1, 0.15) is 5.82 Å². The first kappa shape index (κ1) is 16.2. The Labute approximate surface area is 130 Å². The predicted octanol–water partition coefficient (Wildman–Crippen LogP) is 3.25. The summed E-state index contributed by atoms with van der Waals surface area (Å²) < 4.78 is 32.0. The molecule has 2 rings (SSSR count). The summed E-state index contributed by atoms with van der Waals surface area (Å²) in [6.07, 6.45) is 2.41. The van der Waals surface area contributed by atoms with Crippen molar-refractivity contribution in [2.45, 2.75) is 25.3 Å². The molecule has 2 aromatic rings. The quantitative estimate of drug-likeness (QED) is 0.763. The van der Waals surface area contributed by atoms with Crippen LogP contribution in [-0.2, 0) is 16.7 Å². The highest BCUT2D eigenvalue weighted by Gasteiger charge is 2.18. The van der Waals surface area contributed by atoms with Gasteiger partial charge in [-0.25, -0.2) is 9.37 Å². The van der Waals surface area contributed by atoms with Crippen molar-refractivity contribution in [3.63, 3.8) is 0 Å². The molecule has 0 spiro atoms. The monoisotopic (exact) mass is 332 g/mol. The Morgan fingerprint density at radius 1 is 1.52 bits per heavy atom. The molecule has 0 fully saturated rings. The van der Waals surface area contributed by atoms with E-state index in [0.29, 0.717) is 17.1 Å². The van der Waals surface area contributed by atoms with Crippen LogP contribution in [0.5, 0.6) is 5.75 Å². The van der Waals surface area contributed by atoms with Gasteiger partial charge in [0.05, 0.1) is 24.0 Å². The number of imidazole rings is 1. The van der Waals surface area contributed by atoms with Crippen LogP contribution in [-0.4, -0.2) is 32.9 Å². The molecule has 2 atom stereocenters. The highest BCUT2D eigenvalue weighted by molar-refractivity contribution is 7.84. The number of hydrogen-bond acceptors (Lipinski definition) is 3. The summed E-state index contributed by atoms with van der Waals surface area (Å²) in [6, 6.07) is 3.06. The van der Waals surface area contributed by atoms with E-state index in [1.54, 1.807) is 12.3 Å². The van der Waals surface area contributed by atoms with Crippen molar-refractivity contribution in [2.24, 2.45) is 0 Å². The number of halogens is 2. The van der Waals surface area contributed by atoms with Gasteiger partial charge in [0.25, 0.3) is 0 Å². The van der Waals surface area contributed by atoms with Crippen LogP contribution in [0.2, 0.25) is 0 Å². The summed E-state index contributed by atoms with van der Waals surface area (Å²) in [5.41, 5.74) is 1.33. The van der Waals surface area contributed by atoms with E-state index in [-0.39, 0.29) is 17.7 Å². The fraction of sp³-hybridized carbons (Fsp3) is 0.500. The molecule has 4 nitrogen and oxygen atoms in total. The van der Waals surface area contributed by atoms with E-state index in [4.69, 9.17) is 16.3 Å². The molecule has 0 aliphatic rings. The summed E-state index contributed by atoms with van der Waals surface area (Å²) in [5.74, 6) is 1.24. The van der Waals surface area contributed by atoms with Crippen LogP contribution in [0.15, 0.2) is 12.1 Å². The SMILES string of the molecule is COc1cc2c(cc1F)nc(CCl)n2C(C)CCS(C)=O. The second-order valence-corrected chi connectivity index (χ2v) is 6.74. The van der Waals surface area contributed by atoms with Gasteiger partial charge in [-0.2, -0.15) is 0 Å². The summed E-state index contributed by atoms with van der Waals surface area (Å²) in [6.45, 7) is 2.01. The third kappa shape index (κ3) is 3.37. The molecule has 0 amide bonds. The topological polar surface area (TPSA) is 44.1 Å². The van der Waals surface area contributed by atoms with Crippen LogP contribution < -0.4 is 4.74 Å². The number of methoxy groups -OCH3 is 1. The summed E-state index contributed by atoms with van der Waals surface area (Å²) in [4.78, 5) is 4.38. The van der Waals surface area contributed by atoms with Gasteiger partial charge in [0, 0.05) is 41.0 Å². The Morgan fingerprint density at radius 2 is 2.24 bits per heavy atom. The lowest BCUT2D eigenvalue weighted by Crippen LogP contribution is -2.11. The third-order valence-electron chi connectivity index (χ3n) is 3.42. The largest absolute Gasteiger partial charge is 0.494 e. The molecule has 0 N–H and O–H groups in total. The maximum atomic E-state index is 13.8. The highest BCUT2D eigenvalue weighted by Crippen LogP contribution is 2.29. The van der Waals surface area contributed by atoms with E-state index in [1.807, 2.05) is 11.5 Å². The third-order valence-corrected chi connectivity index (χ3v) is 4.47. The van der Waals surface area contributed by atoms with E-state index < -0.39 is 16.6 Å². The molecule has 0 radical (unpaired) electrons. The number of alkyl halides is 1. The van der Waals surface area contributed by atoms with Crippen molar-refractivity contribution in [2.75, 3.05) is 19.1 Å². The summed E-state index contributed by atoms with van der Waals surface area (Å²) in [7, 11) is 0.577. The van der Waals surface area contributed by atoms with Crippen LogP contribution in [0.4, 0.5) is 4.39 Å². The minimum absolute atomic E-state index is 0.0721. The van der Waals surface area contributed by atoms with Crippen LogP contribution >= 0.6 is 11.6 Å². The second-order valence-electron chi connectivity index (χ2n) is 4.92. The lowest BCUT2D eigenvalue weighted by molar-refractivity contribution is 0.387. The van der Waals surface area contributed by atoms with Gasteiger partial charge in [-0.15, -0.1) is 11.6 Å². The van der Waals surface area contributed by atoms with Gasteiger partial charge in [0.15, 0.2) is 11.6 Å². The molecule has 0 aliphatic heterocycles. The Balaban J connectivity index is 2.51. The van der Waals surface area contributed by atoms with Crippen molar-refractivity contribution in [3.8, 4) is 5.75 Å². The number of benzene rings is 1. The first-order chi connectivity index (χ1) is 9.97. The van der Waals surface area contributed by atoms with Crippen molar-refractivity contribution < 1.29 is 13.3 Å². The molecule has 0 saturated carbocycles. The van der Waals surface area contributed by atoms with E-state index in [2.05, 4.69) is 4.98 Å². The summed E-state index contributed by atoms with van der Waals surface area (Å²) >= 11 is 5.96. The fourth-order valence-electron chi connectivity index (χ4n) is 2.35. The van der Waals surface area contributed by atoms with Crippen LogP contribution in [0.1, 0.15) is 25.2 Å². The Morgan fingerprint density at radius 3 is 2.81 bits per heavy atom. The maximum absolute atomic E-state index is 13.8. The van der Waals surface area contributed by atoms with Crippen molar-refractivity contribution in [3.05, 3.63) is 23.8 Å². The molecule has 0 aliphatic carbocycles. The number of ether oxygens (including phenoxy) is 1. The molecular weight excluding hydrogens is 315 g/mol. The molecular formula is C14H18ClFN2O2S. The lowest BCUT2D eigenvalue weighted by atomic mass is 10.2. The van der Waals surface area contributed by atoms with Gasteiger partial charge < -0.3 is 9.30 Å². The normalized spacial score (nSPS) is 14.3. The molecule has 2 unspecified atom stereocenters. The van der Waals surface area contributed by atoms with E-state index >= 15 is 0 Å². The first-order valence-electron chi connectivity index (χ1n) is 6.58. The zero-order chi connectivity index (χ0) is 15.6. The number of hydrogen-bond donors (Lipinski definition) is 0. The van der Waals surface area contributed by atoms with Gasteiger partial charge in [0.2, 0.25) is 0 Å². The van der Waals surface area contributed by atoms with Crippen molar-refractivity contribution in [1.29, 1.82) is 0 Å². The van der Waals surface area contributed by atoms with Crippen LogP contribution in [0.3, 0.4) is 0 Å². The first-order valence-corrected chi connectivity index (χ1v) is 8.84. The van der Waals surface area contributed by atoms with Gasteiger partial charge in [-0.05, 0) is 13.3 Å². The van der Waals surface area contributed by atoms with E-state index in [0.717, 1.165) is 11.9 Å². The maximum Gasteiger partial charge on any atom is 0.167 e. The van der Waals surface area contributed by atoms with Gasteiger partial charge in [-0.1, -0.05) is 0 Å². The molecule has 1 aromatic heterocycles. The number of nitrogens with zero attached hydrogens (tertiary/aromatic N) is 2. The molecule has 116 valence electrons. The lowest BCUT2D eigenvalue weighted by Gasteiger charge is -2.16. The highest BCUT2D eigenvalue weighted by atomic mass is 35.5. The average molecular weight is 333 g/mol. The molecule has 7 heteroatoms. The average Bonchev–Trinajstić information content (AvgIpc) is 2.80. The van der Waals surface area contributed by atoms with Crippen molar-refractivity contribution >= 4 is 33.4 Å². The molecule has 0 saturated heterocycles. The van der Waals surface area contributed by atoms with Crippen LogP contribution in [0, 0.1) is 5.82 Å². The standard InChI is InChI=1S/C14H18ClFN2O2S/c1-9(4-5-21(3)19)18-12-7-13(20-2)10(16)6-11(12)17-14(18)8-15/h6-7,9H,4-5,8H2,1-3H3.